The van der Waals surface area contributed by atoms with Crippen LogP contribution in [0.1, 0.15) is 45.6 Å². The summed E-state index contributed by atoms with van der Waals surface area (Å²) in [4.78, 5) is 46.2. The molecule has 0 aliphatic heterocycles. The molecule has 3 N–H and O–H groups in total. The molecule has 3 amide bonds. The highest BCUT2D eigenvalue weighted by Gasteiger charge is 2.61. The van der Waals surface area contributed by atoms with Gasteiger partial charge in [0.25, 0.3) is 15.9 Å². The maximum Gasteiger partial charge on any atom is 0.407 e. The first-order valence-electron chi connectivity index (χ1n) is 19.7. The zero-order valence-electron chi connectivity index (χ0n) is 33.8. The predicted octanol–water partition coefficient (Wildman–Crippen LogP) is 7.11. The van der Waals surface area contributed by atoms with Crippen LogP contribution in [0.15, 0.2) is 127 Å². The fraction of sp³-hybridized carbons (Fsp3) is 0.304. The van der Waals surface area contributed by atoms with E-state index >= 15 is 0 Å². The average Bonchev–Trinajstić information content (AvgIpc) is 3.81. The molecule has 60 heavy (non-hydrogen) atoms. The fourth-order valence-corrected chi connectivity index (χ4v) is 8.50. The highest BCUT2D eigenvalue weighted by Crippen LogP contribution is 2.46. The highest BCUT2D eigenvalue weighted by molar-refractivity contribution is 7.90. The van der Waals surface area contributed by atoms with Gasteiger partial charge < -0.3 is 29.6 Å². The van der Waals surface area contributed by atoms with Crippen LogP contribution in [0.25, 0.3) is 22.2 Å². The third-order valence-electron chi connectivity index (χ3n) is 10.5. The molecular formula is C46H48N4O9S. The minimum absolute atomic E-state index is 0.120. The van der Waals surface area contributed by atoms with Crippen LogP contribution in [0.4, 0.5) is 4.79 Å². The van der Waals surface area contributed by atoms with Gasteiger partial charge in [0.2, 0.25) is 5.91 Å². The topological polar surface area (TPSA) is 171 Å². The number of fused-ring (bicyclic) bond motifs is 1. The summed E-state index contributed by atoms with van der Waals surface area (Å²) in [6.45, 7) is 9.24. The van der Waals surface area contributed by atoms with Crippen molar-refractivity contribution in [1.29, 1.82) is 0 Å². The number of ether oxygens (including phenoxy) is 4. The van der Waals surface area contributed by atoms with Crippen LogP contribution in [0, 0.1) is 11.8 Å². The quantitative estimate of drug-likeness (QED) is 0.0981. The summed E-state index contributed by atoms with van der Waals surface area (Å²) < 4.78 is 52.9. The molecule has 1 aromatic heterocycles. The number of amides is 3. The minimum Gasteiger partial charge on any atom is -0.497 e. The van der Waals surface area contributed by atoms with Gasteiger partial charge in [0, 0.05) is 47.5 Å². The number of rotatable bonds is 14. The molecule has 1 heterocycles. The van der Waals surface area contributed by atoms with E-state index in [1.807, 2.05) is 84.9 Å². The van der Waals surface area contributed by atoms with E-state index in [9.17, 15) is 22.8 Å². The number of benzene rings is 4. The summed E-state index contributed by atoms with van der Waals surface area (Å²) in [5.74, 6) is -1.49. The van der Waals surface area contributed by atoms with Crippen LogP contribution >= 0.6 is 0 Å². The van der Waals surface area contributed by atoms with E-state index < -0.39 is 63.1 Å². The van der Waals surface area contributed by atoms with Crippen molar-refractivity contribution in [3.8, 4) is 28.5 Å². The number of nitrogens with one attached hydrogen (secondary N) is 3. The zero-order valence-corrected chi connectivity index (χ0v) is 34.7. The summed E-state index contributed by atoms with van der Waals surface area (Å²) in [7, 11) is -2.82. The maximum absolute atomic E-state index is 14.4. The predicted molar refractivity (Wildman–Crippen MR) is 226 cm³/mol. The summed E-state index contributed by atoms with van der Waals surface area (Å²) in [6, 6.07) is 31.4. The van der Waals surface area contributed by atoms with Gasteiger partial charge in [0.1, 0.15) is 41.1 Å². The van der Waals surface area contributed by atoms with Crippen molar-refractivity contribution < 1.29 is 41.7 Å². The second-order valence-electron chi connectivity index (χ2n) is 16.0. The van der Waals surface area contributed by atoms with Gasteiger partial charge in [-0.15, -0.1) is 6.58 Å². The lowest BCUT2D eigenvalue weighted by atomic mass is 10.0. The van der Waals surface area contributed by atoms with Gasteiger partial charge in [0.05, 0.1) is 29.1 Å². The molecule has 13 nitrogen and oxygen atoms in total. The van der Waals surface area contributed by atoms with Crippen LogP contribution < -0.4 is 29.6 Å². The Morgan fingerprint density at radius 2 is 1.63 bits per heavy atom. The number of alkyl carbamates (subject to hydrolysis) is 1. The number of pyridine rings is 1. The lowest BCUT2D eigenvalue weighted by Gasteiger charge is -2.26. The second-order valence-corrected chi connectivity index (χ2v) is 17.7. The van der Waals surface area contributed by atoms with Crippen molar-refractivity contribution in [1.82, 2.24) is 20.3 Å². The Morgan fingerprint density at radius 3 is 2.32 bits per heavy atom. The number of nitrogens with zero attached hydrogens (tertiary/aromatic N) is 1. The van der Waals surface area contributed by atoms with E-state index in [1.54, 1.807) is 33.9 Å². The number of hydrogen-bond donors (Lipinski definition) is 3. The number of hydrogen-bond acceptors (Lipinski definition) is 10. The Bertz CT molecular complexity index is 2510. The molecule has 4 aromatic carbocycles. The van der Waals surface area contributed by atoms with Gasteiger partial charge >= 0.3 is 6.09 Å². The van der Waals surface area contributed by atoms with Crippen molar-refractivity contribution in [2.24, 2.45) is 11.8 Å². The monoisotopic (exact) mass is 832 g/mol. The van der Waals surface area contributed by atoms with Gasteiger partial charge in [0.15, 0.2) is 0 Å². The summed E-state index contributed by atoms with van der Waals surface area (Å²) >= 11 is 0. The van der Waals surface area contributed by atoms with E-state index in [0.29, 0.717) is 28.5 Å². The molecule has 0 spiro atoms. The molecule has 14 heteroatoms. The molecular weight excluding hydrogens is 785 g/mol. The van der Waals surface area contributed by atoms with Gasteiger partial charge in [-0.3, -0.25) is 9.59 Å². The largest absolute Gasteiger partial charge is 0.497 e. The standard InChI is InChI=1S/C46H48N4O9S/c1-6-31-27-46(31,43(52)50-60(54,55)35-19-13-18-33(22-35)57-28-29-14-9-7-10-15-29)49-42(51)37-23-34(25-40(37)48-44(53)59-45(2,3)4)58-41-26-38(30-16-11-8-12-17-30)47-39-24-32(56-5)20-21-36(39)41/h6-22,24,26,31,34,37,40H,1,23,25,27-28H2,2-5H3,(H,48,53)(H,49,51)(H,50,52)/t31-,34-,37+,40+,46-/m1/s1. The van der Waals surface area contributed by atoms with Crippen LogP contribution in [0.2, 0.25) is 0 Å². The van der Waals surface area contributed by atoms with Gasteiger partial charge in [-0.25, -0.2) is 22.9 Å². The molecule has 5 aromatic rings. The van der Waals surface area contributed by atoms with Crippen LogP contribution in [-0.4, -0.2) is 61.7 Å². The van der Waals surface area contributed by atoms with E-state index in [0.717, 1.165) is 16.5 Å². The van der Waals surface area contributed by atoms with Crippen LogP contribution in [-0.2, 0) is 31.0 Å². The van der Waals surface area contributed by atoms with Gasteiger partial charge in [-0.05, 0) is 63.4 Å². The summed E-state index contributed by atoms with van der Waals surface area (Å²) in [5, 5.41) is 6.44. The smallest absolute Gasteiger partial charge is 0.407 e. The third kappa shape index (κ3) is 9.55. The molecule has 5 atom stereocenters. The lowest BCUT2D eigenvalue weighted by Crippen LogP contribution is -2.55. The molecule has 0 unspecified atom stereocenters. The average molecular weight is 833 g/mol. The Kier molecular flexibility index (Phi) is 11.9. The number of carbonyl (C=O) groups is 3. The minimum atomic E-state index is -4.40. The Morgan fingerprint density at radius 1 is 0.900 bits per heavy atom. The molecule has 312 valence electrons. The first kappa shape index (κ1) is 41.7. The summed E-state index contributed by atoms with van der Waals surface area (Å²) in [6.07, 6.45) is 0.706. The van der Waals surface area contributed by atoms with E-state index in [1.165, 1.54) is 24.3 Å². The van der Waals surface area contributed by atoms with E-state index in [-0.39, 0.29) is 30.8 Å². The fourth-order valence-electron chi connectivity index (χ4n) is 7.42. The Hall–Kier alpha value is -6.41. The van der Waals surface area contributed by atoms with E-state index in [2.05, 4.69) is 21.9 Å². The molecule has 2 aliphatic rings. The molecule has 2 fully saturated rings. The van der Waals surface area contributed by atoms with Crippen molar-refractivity contribution in [3.05, 3.63) is 127 Å². The number of methoxy groups -OCH3 is 1. The number of aromatic nitrogens is 1. The first-order valence-corrected chi connectivity index (χ1v) is 21.1. The van der Waals surface area contributed by atoms with E-state index in [4.69, 9.17) is 23.9 Å². The van der Waals surface area contributed by atoms with Crippen molar-refractivity contribution in [2.75, 3.05) is 7.11 Å². The molecule has 2 saturated carbocycles. The molecule has 0 saturated heterocycles. The molecule has 0 bridgehead atoms. The number of carbonyl (C=O) groups excluding carboxylic acids is 3. The molecule has 2 aliphatic carbocycles. The number of sulfonamides is 1. The Balaban J connectivity index is 1.11. The van der Waals surface area contributed by atoms with Crippen LogP contribution in [0.3, 0.4) is 0 Å². The normalized spacial score (nSPS) is 21.0. The SMILES string of the molecule is C=C[C@@H]1C[C@]1(NC(=O)[C@H]1C[C@@H](Oc2cc(-c3ccccc3)nc3cc(OC)ccc23)C[C@@H]1NC(=O)OC(C)(C)C)C(=O)NS(=O)(=O)c1cccc(OCc2ccccc2)c1. The first-order chi connectivity index (χ1) is 28.7. The maximum atomic E-state index is 14.4. The second kappa shape index (κ2) is 17.1. The molecule has 7 rings (SSSR count). The van der Waals surface area contributed by atoms with Crippen molar-refractivity contribution >= 4 is 38.8 Å². The van der Waals surface area contributed by atoms with Crippen molar-refractivity contribution in [2.45, 2.75) is 74.8 Å². The summed E-state index contributed by atoms with van der Waals surface area (Å²) in [5.41, 5.74) is 0.659. The molecule has 0 radical (unpaired) electrons. The van der Waals surface area contributed by atoms with Gasteiger partial charge in [-0.1, -0.05) is 72.8 Å². The third-order valence-corrected chi connectivity index (χ3v) is 11.9. The lowest BCUT2D eigenvalue weighted by molar-refractivity contribution is -0.132. The van der Waals surface area contributed by atoms with Crippen molar-refractivity contribution in [3.63, 3.8) is 0 Å². The highest BCUT2D eigenvalue weighted by atomic mass is 32.2. The van der Waals surface area contributed by atoms with Crippen LogP contribution in [0.5, 0.6) is 17.2 Å². The zero-order chi connectivity index (χ0) is 42.7. The van der Waals surface area contributed by atoms with Gasteiger partial charge in [-0.2, -0.15) is 0 Å². The Labute approximate surface area is 349 Å².